The predicted octanol–water partition coefficient (Wildman–Crippen LogP) is 2.84. The van der Waals surface area contributed by atoms with Crippen molar-refractivity contribution >= 4 is 21.8 Å². The average Bonchev–Trinajstić information content (AvgIpc) is 2.26. The average molecular weight is 324 g/mol. The van der Waals surface area contributed by atoms with Gasteiger partial charge in [-0.3, -0.25) is 4.79 Å². The zero-order valence-corrected chi connectivity index (χ0v) is 10.7. The number of ether oxygens (including phenoxy) is 1. The van der Waals surface area contributed by atoms with Crippen LogP contribution in [0.25, 0.3) is 0 Å². The van der Waals surface area contributed by atoms with E-state index in [1.165, 1.54) is 23.1 Å². The fraction of sp³-hybridized carbons (Fsp3) is 0.364. The molecule has 0 saturated carbocycles. The highest BCUT2D eigenvalue weighted by molar-refractivity contribution is 9.10. The van der Waals surface area contributed by atoms with Gasteiger partial charge in [0.25, 0.3) is 5.91 Å². The van der Waals surface area contributed by atoms with Crippen molar-refractivity contribution in [2.24, 2.45) is 0 Å². The van der Waals surface area contributed by atoms with E-state index in [0.29, 0.717) is 4.47 Å². The number of likely N-dealkylation sites (tertiary alicyclic amines) is 1. The molecule has 0 N–H and O–H groups in total. The van der Waals surface area contributed by atoms with Gasteiger partial charge < -0.3 is 9.64 Å². The highest BCUT2D eigenvalue weighted by Gasteiger charge is 2.32. The summed E-state index contributed by atoms with van der Waals surface area (Å²) < 4.78 is 41.5. The third-order valence-corrected chi connectivity index (χ3v) is 3.21. The van der Waals surface area contributed by atoms with Crippen LogP contribution in [0, 0.1) is 0 Å². The van der Waals surface area contributed by atoms with E-state index in [0.717, 1.165) is 0 Å². The summed E-state index contributed by atoms with van der Waals surface area (Å²) in [5, 5.41) is 0. The van der Waals surface area contributed by atoms with Crippen molar-refractivity contribution in [1.29, 1.82) is 0 Å². The van der Waals surface area contributed by atoms with Crippen molar-refractivity contribution in [2.45, 2.75) is 12.8 Å². The minimum atomic E-state index is -2.95. The Morgan fingerprint density at radius 1 is 1.44 bits per heavy atom. The first kappa shape index (κ1) is 13.2. The number of rotatable bonds is 3. The lowest BCUT2D eigenvalue weighted by atomic mass is 10.1. The van der Waals surface area contributed by atoms with Gasteiger partial charge in [0.2, 0.25) is 0 Å². The molecule has 1 saturated heterocycles. The predicted molar refractivity (Wildman–Crippen MR) is 61.6 cm³/mol. The molecule has 1 aliphatic rings. The van der Waals surface area contributed by atoms with Crippen LogP contribution in [0.15, 0.2) is 22.7 Å². The molecule has 0 atom stereocenters. The van der Waals surface area contributed by atoms with Crippen LogP contribution in [0.2, 0.25) is 0 Å². The fourth-order valence-electron chi connectivity index (χ4n) is 1.61. The van der Waals surface area contributed by atoms with E-state index >= 15 is 0 Å². The van der Waals surface area contributed by atoms with E-state index in [9.17, 15) is 18.0 Å². The molecule has 1 aliphatic heterocycles. The molecule has 0 aliphatic carbocycles. The molecule has 0 unspecified atom stereocenters. The molecule has 1 aromatic rings. The highest BCUT2D eigenvalue weighted by Crippen LogP contribution is 2.26. The van der Waals surface area contributed by atoms with Crippen LogP contribution in [0.4, 0.5) is 13.2 Å². The maximum Gasteiger partial charge on any atom is 0.387 e. The minimum Gasteiger partial charge on any atom is -0.435 e. The zero-order valence-electron chi connectivity index (χ0n) is 9.08. The number of hydrogen-bond acceptors (Lipinski definition) is 2. The summed E-state index contributed by atoms with van der Waals surface area (Å²) in [6, 6.07) is 3.98. The van der Waals surface area contributed by atoms with E-state index in [-0.39, 0.29) is 24.4 Å². The number of nitrogens with zero attached hydrogens (tertiary/aromatic N) is 1. The Bertz CT molecular complexity index is 464. The number of halogens is 4. The van der Waals surface area contributed by atoms with E-state index in [1.807, 2.05) is 0 Å². The van der Waals surface area contributed by atoms with Gasteiger partial charge in [-0.25, -0.2) is 4.39 Å². The summed E-state index contributed by atoms with van der Waals surface area (Å²) in [6.45, 7) is -2.88. The lowest BCUT2D eigenvalue weighted by Crippen LogP contribution is -2.51. The lowest BCUT2D eigenvalue weighted by Gasteiger charge is -2.34. The zero-order chi connectivity index (χ0) is 13.3. The Morgan fingerprint density at radius 3 is 2.67 bits per heavy atom. The summed E-state index contributed by atoms with van der Waals surface area (Å²) in [7, 11) is 0. The minimum absolute atomic E-state index is 0.0329. The van der Waals surface area contributed by atoms with Gasteiger partial charge in [-0.15, -0.1) is 0 Å². The summed E-state index contributed by atoms with van der Waals surface area (Å²) >= 11 is 3.15. The quantitative estimate of drug-likeness (QED) is 0.856. The number of carbonyl (C=O) groups is 1. The number of benzene rings is 1. The lowest BCUT2D eigenvalue weighted by molar-refractivity contribution is -0.0499. The van der Waals surface area contributed by atoms with Gasteiger partial charge in [0.05, 0.1) is 18.7 Å². The number of hydrogen-bond donors (Lipinski definition) is 0. The van der Waals surface area contributed by atoms with Crippen LogP contribution in [0.5, 0.6) is 5.75 Å². The molecular formula is C11H9BrF3NO2. The van der Waals surface area contributed by atoms with Crippen LogP contribution in [-0.2, 0) is 0 Å². The molecule has 1 aromatic carbocycles. The first-order valence-corrected chi connectivity index (χ1v) is 5.94. The first-order valence-electron chi connectivity index (χ1n) is 5.15. The summed E-state index contributed by atoms with van der Waals surface area (Å²) in [4.78, 5) is 13.2. The molecule has 0 radical (unpaired) electrons. The molecule has 1 heterocycles. The molecular weight excluding hydrogens is 315 g/mol. The maximum atomic E-state index is 12.7. The van der Waals surface area contributed by atoms with Gasteiger partial charge >= 0.3 is 6.61 Å². The number of amides is 1. The van der Waals surface area contributed by atoms with Crippen LogP contribution in [0.1, 0.15) is 10.4 Å². The fourth-order valence-corrected chi connectivity index (χ4v) is 2.02. The molecule has 3 nitrogen and oxygen atoms in total. The topological polar surface area (TPSA) is 29.5 Å². The number of carbonyl (C=O) groups excluding carboxylic acids is 1. The number of alkyl halides is 3. The van der Waals surface area contributed by atoms with Crippen LogP contribution in [-0.4, -0.2) is 36.7 Å². The molecule has 98 valence electrons. The van der Waals surface area contributed by atoms with E-state index in [4.69, 9.17) is 0 Å². The third kappa shape index (κ3) is 2.77. The van der Waals surface area contributed by atoms with Crippen LogP contribution in [0.3, 0.4) is 0 Å². The molecule has 18 heavy (non-hydrogen) atoms. The third-order valence-electron chi connectivity index (χ3n) is 2.52. The molecule has 1 amide bonds. The standard InChI is InChI=1S/C11H9BrF3NO2/c12-9-2-1-7(18-11(14)15)3-8(9)10(17)16-4-6(13)5-16/h1-3,6,11H,4-5H2. The normalized spacial score (nSPS) is 15.7. The van der Waals surface area contributed by atoms with E-state index in [2.05, 4.69) is 20.7 Å². The van der Waals surface area contributed by atoms with Crippen molar-refractivity contribution in [3.05, 3.63) is 28.2 Å². The van der Waals surface area contributed by atoms with Crippen molar-refractivity contribution in [3.8, 4) is 5.75 Å². The van der Waals surface area contributed by atoms with Crippen molar-refractivity contribution in [1.82, 2.24) is 4.90 Å². The van der Waals surface area contributed by atoms with E-state index in [1.54, 1.807) is 0 Å². The second kappa shape index (κ2) is 5.17. The molecule has 0 aromatic heterocycles. The van der Waals surface area contributed by atoms with Crippen LogP contribution >= 0.6 is 15.9 Å². The molecule has 7 heteroatoms. The van der Waals surface area contributed by atoms with E-state index < -0.39 is 18.7 Å². The van der Waals surface area contributed by atoms with Gasteiger partial charge in [-0.1, -0.05) is 0 Å². The second-order valence-electron chi connectivity index (χ2n) is 3.83. The molecule has 1 fully saturated rings. The van der Waals surface area contributed by atoms with Crippen molar-refractivity contribution in [2.75, 3.05) is 13.1 Å². The summed E-state index contributed by atoms with van der Waals surface area (Å²) in [6.07, 6.45) is -1.01. The Kier molecular flexibility index (Phi) is 3.79. The smallest absolute Gasteiger partial charge is 0.387 e. The molecule has 2 rings (SSSR count). The van der Waals surface area contributed by atoms with Gasteiger partial charge in [0.15, 0.2) is 0 Å². The maximum absolute atomic E-state index is 12.7. The highest BCUT2D eigenvalue weighted by atomic mass is 79.9. The van der Waals surface area contributed by atoms with Gasteiger partial charge in [-0.2, -0.15) is 8.78 Å². The van der Waals surface area contributed by atoms with Gasteiger partial charge in [0.1, 0.15) is 11.9 Å². The molecule has 0 bridgehead atoms. The van der Waals surface area contributed by atoms with Gasteiger partial charge in [0, 0.05) is 4.47 Å². The largest absolute Gasteiger partial charge is 0.435 e. The SMILES string of the molecule is O=C(c1cc(OC(F)F)ccc1Br)N1CC(F)C1. The summed E-state index contributed by atoms with van der Waals surface area (Å²) in [5.74, 6) is -0.510. The Morgan fingerprint density at radius 2 is 2.11 bits per heavy atom. The van der Waals surface area contributed by atoms with Gasteiger partial charge in [-0.05, 0) is 34.1 Å². The Balaban J connectivity index is 2.18. The summed E-state index contributed by atoms with van der Waals surface area (Å²) in [5.41, 5.74) is 0.181. The second-order valence-corrected chi connectivity index (χ2v) is 4.68. The Hall–Kier alpha value is -1.24. The first-order chi connectivity index (χ1) is 8.47. The Labute approximate surface area is 110 Å². The monoisotopic (exact) mass is 323 g/mol. The molecule has 0 spiro atoms. The van der Waals surface area contributed by atoms with Crippen LogP contribution < -0.4 is 4.74 Å². The van der Waals surface area contributed by atoms with Crippen molar-refractivity contribution < 1.29 is 22.7 Å². The van der Waals surface area contributed by atoms with Crippen molar-refractivity contribution in [3.63, 3.8) is 0 Å².